The van der Waals surface area contributed by atoms with Crippen molar-refractivity contribution in [1.82, 2.24) is 0 Å². The second-order valence-corrected chi connectivity index (χ2v) is 19.3. The van der Waals surface area contributed by atoms with Crippen LogP contribution in [-0.2, 0) is 21.7 Å². The molecular formula is C23H36Si2Ti. The Hall–Kier alpha value is -0.672. The quantitative estimate of drug-likeness (QED) is 0.267. The first-order valence-corrected chi connectivity index (χ1v) is 16.4. The van der Waals surface area contributed by atoms with Gasteiger partial charge in [0, 0.05) is 8.07 Å². The summed E-state index contributed by atoms with van der Waals surface area (Å²) in [6.07, 6.45) is 7.07. The van der Waals surface area contributed by atoms with E-state index in [1.165, 1.54) is 10.8 Å². The summed E-state index contributed by atoms with van der Waals surface area (Å²) >= 11 is 0. The van der Waals surface area contributed by atoms with E-state index >= 15 is 0 Å². The third kappa shape index (κ3) is 10.5. The van der Waals surface area contributed by atoms with Gasteiger partial charge in [0.25, 0.3) is 0 Å². The third-order valence-corrected chi connectivity index (χ3v) is 7.06. The Bertz CT molecular complexity index is 665. The Balaban J connectivity index is 0.000000522. The molecule has 0 amide bonds. The Morgan fingerprint density at radius 1 is 1.00 bits per heavy atom. The van der Waals surface area contributed by atoms with Crippen LogP contribution in [0.1, 0.15) is 13.8 Å². The molecule has 0 fully saturated rings. The van der Waals surface area contributed by atoms with Gasteiger partial charge in [0.1, 0.15) is 0 Å². The zero-order valence-electron chi connectivity index (χ0n) is 17.9. The van der Waals surface area contributed by atoms with E-state index in [4.69, 9.17) is 0 Å². The molecule has 0 heterocycles. The molecule has 0 atom stereocenters. The van der Waals surface area contributed by atoms with E-state index in [2.05, 4.69) is 120 Å². The summed E-state index contributed by atoms with van der Waals surface area (Å²) in [6.45, 7) is 18.9. The topological polar surface area (TPSA) is 0 Å². The number of allylic oxidation sites excluding steroid dienone is 3. The molecule has 0 N–H and O–H groups in total. The van der Waals surface area contributed by atoms with Crippen molar-refractivity contribution in [3.63, 3.8) is 0 Å². The summed E-state index contributed by atoms with van der Waals surface area (Å²) in [5.41, 5.74) is 2.42. The smallest absolute Gasteiger partial charge is 0.228 e. The van der Waals surface area contributed by atoms with Gasteiger partial charge in [0.05, 0.1) is 8.07 Å². The van der Waals surface area contributed by atoms with Gasteiger partial charge in [-0.05, 0) is 0 Å². The van der Waals surface area contributed by atoms with Crippen molar-refractivity contribution in [1.29, 1.82) is 0 Å². The predicted molar refractivity (Wildman–Crippen MR) is 123 cm³/mol. The van der Waals surface area contributed by atoms with Gasteiger partial charge in [0.15, 0.2) is 0 Å². The maximum absolute atomic E-state index is 2.43. The molecule has 26 heavy (non-hydrogen) atoms. The number of hydrogen-bond acceptors (Lipinski definition) is 0. The summed E-state index contributed by atoms with van der Waals surface area (Å²) in [4.78, 5) is 0. The van der Waals surface area contributed by atoms with Crippen LogP contribution in [-0.4, -0.2) is 16.1 Å². The van der Waals surface area contributed by atoms with E-state index in [0.29, 0.717) is 5.92 Å². The Morgan fingerprint density at radius 2 is 1.62 bits per heavy atom. The van der Waals surface area contributed by atoms with E-state index < -0.39 is 16.1 Å². The molecule has 0 nitrogen and oxygen atoms in total. The number of rotatable bonds is 5. The minimum Gasteiger partial charge on any atom is -0.228 e. The zero-order chi connectivity index (χ0) is 19.1. The molecule has 3 heteroatoms. The molecule has 0 radical (unpaired) electrons. The summed E-state index contributed by atoms with van der Waals surface area (Å²) in [5, 5.41) is 4.24. The fraction of sp³-hybridized carbons (Fsp3) is 0.391. The Kier molecular flexibility index (Phi) is 10.9. The molecule has 140 valence electrons. The molecule has 0 aliphatic heterocycles. The molecule has 2 rings (SSSR count). The Labute approximate surface area is 179 Å². The number of hydrogen-bond donors (Lipinski definition) is 0. The molecule has 0 saturated heterocycles. The fourth-order valence-electron chi connectivity index (χ4n) is 2.43. The van der Waals surface area contributed by atoms with E-state index in [1.54, 1.807) is 5.20 Å². The molecule has 0 aromatic heterocycles. The van der Waals surface area contributed by atoms with Gasteiger partial charge >= 0.3 is 21.7 Å². The molecule has 2 aromatic rings. The first kappa shape index (κ1) is 25.3. The first-order chi connectivity index (χ1) is 11.5. The van der Waals surface area contributed by atoms with Crippen LogP contribution in [0.4, 0.5) is 0 Å². The minimum absolute atomic E-state index is 0. The van der Waals surface area contributed by atoms with E-state index in [0.717, 1.165) is 0 Å². The summed E-state index contributed by atoms with van der Waals surface area (Å²) in [6, 6.07) is 14.7. The van der Waals surface area contributed by atoms with Gasteiger partial charge in [-0.25, -0.2) is 17.7 Å². The fourth-order valence-corrected chi connectivity index (χ4v) is 4.53. The van der Waals surface area contributed by atoms with Crippen molar-refractivity contribution >= 4 is 26.9 Å². The monoisotopic (exact) mass is 416 g/mol. The van der Waals surface area contributed by atoms with Crippen LogP contribution in [0.15, 0.2) is 65.5 Å². The van der Waals surface area contributed by atoms with Gasteiger partial charge in [-0.2, -0.15) is 23.6 Å². The van der Waals surface area contributed by atoms with Crippen LogP contribution in [0.25, 0.3) is 10.8 Å². The molecule has 0 saturated carbocycles. The van der Waals surface area contributed by atoms with Crippen molar-refractivity contribution in [3.05, 3.63) is 71.9 Å². The van der Waals surface area contributed by atoms with Gasteiger partial charge < -0.3 is 0 Å². The van der Waals surface area contributed by atoms with E-state index in [1.807, 2.05) is 0 Å². The van der Waals surface area contributed by atoms with Crippen LogP contribution in [0.5, 0.6) is 0 Å². The second kappa shape index (κ2) is 11.2. The molecular weight excluding hydrogens is 380 g/mol. The largest absolute Gasteiger partial charge is 2.00 e. The van der Waals surface area contributed by atoms with E-state index in [9.17, 15) is 0 Å². The van der Waals surface area contributed by atoms with Crippen molar-refractivity contribution in [2.75, 3.05) is 0 Å². The average molecular weight is 417 g/mol. The molecule has 0 aliphatic rings. The SMILES string of the molecule is CC(C)[CH-]C(=CC=C[Si](C)(C)C)[Si](C)(C)C.[Ti+2].c1ccc2[cH-]ccc2c1. The molecule has 0 unspecified atom stereocenters. The molecule has 0 bridgehead atoms. The zero-order valence-corrected chi connectivity index (χ0v) is 21.5. The van der Waals surface area contributed by atoms with Gasteiger partial charge in [-0.3, -0.25) is 0 Å². The Morgan fingerprint density at radius 3 is 2.12 bits per heavy atom. The van der Waals surface area contributed by atoms with Gasteiger partial charge in [-0.1, -0.05) is 65.1 Å². The van der Waals surface area contributed by atoms with E-state index in [-0.39, 0.29) is 21.7 Å². The molecule has 0 aliphatic carbocycles. The summed E-state index contributed by atoms with van der Waals surface area (Å²) in [5.74, 6) is 0.651. The van der Waals surface area contributed by atoms with Crippen molar-refractivity contribution in [3.8, 4) is 0 Å². The summed E-state index contributed by atoms with van der Waals surface area (Å²) < 4.78 is 0. The molecule has 2 aromatic carbocycles. The van der Waals surface area contributed by atoms with Crippen LogP contribution in [0, 0.1) is 12.3 Å². The number of benzene rings is 1. The normalized spacial score (nSPS) is 12.7. The molecule has 0 spiro atoms. The van der Waals surface area contributed by atoms with Crippen molar-refractivity contribution in [2.24, 2.45) is 5.92 Å². The average Bonchev–Trinajstić information content (AvgIpc) is 2.92. The van der Waals surface area contributed by atoms with Gasteiger partial charge in [-0.15, -0.1) is 35.4 Å². The predicted octanol–water partition coefficient (Wildman–Crippen LogP) is 7.64. The third-order valence-electron chi connectivity index (χ3n) is 3.80. The van der Waals surface area contributed by atoms with Crippen LogP contribution in [0.3, 0.4) is 0 Å². The summed E-state index contributed by atoms with van der Waals surface area (Å²) in [7, 11) is -2.22. The van der Waals surface area contributed by atoms with Crippen molar-refractivity contribution in [2.45, 2.75) is 53.1 Å². The van der Waals surface area contributed by atoms with Gasteiger partial charge in [0.2, 0.25) is 0 Å². The minimum atomic E-state index is -1.18. The maximum Gasteiger partial charge on any atom is 2.00 e. The van der Waals surface area contributed by atoms with Crippen molar-refractivity contribution < 1.29 is 21.7 Å². The second-order valence-electron chi connectivity index (χ2n) is 9.16. The van der Waals surface area contributed by atoms with Crippen LogP contribution in [0.2, 0.25) is 39.3 Å². The van der Waals surface area contributed by atoms with Crippen LogP contribution < -0.4 is 0 Å². The maximum atomic E-state index is 2.43. The van der Waals surface area contributed by atoms with Crippen LogP contribution >= 0.6 is 0 Å². The first-order valence-electron chi connectivity index (χ1n) is 9.34. The number of fused-ring (bicyclic) bond motifs is 1. The standard InChI is InChI=1S/C14H29Si2.C9H7.Ti/c1-13(2)12-14(16(6,7)8)10-9-11-15(3,4)5;1-2-5-9-7-3-6-8(9)4-1;/h9-13H,1-8H3;1-7H;/q2*-1;+2.